The molecule has 0 amide bonds. The normalized spacial score (nSPS) is 14.0. The third-order valence-electron chi connectivity index (χ3n) is 9.46. The van der Waals surface area contributed by atoms with Gasteiger partial charge in [0.1, 0.15) is 17.4 Å². The Labute approximate surface area is 303 Å². The lowest BCUT2D eigenvalue weighted by atomic mass is 9.81. The third-order valence-corrected chi connectivity index (χ3v) is 9.46. The molecule has 3 aliphatic rings. The molecule has 0 saturated carbocycles. The first-order valence-electron chi connectivity index (χ1n) is 17.2. The van der Waals surface area contributed by atoms with Crippen LogP contribution in [0.25, 0.3) is 17.3 Å². The number of hydrogen-bond donors (Lipinski definition) is 0. The van der Waals surface area contributed by atoms with E-state index in [1.54, 1.807) is 38.5 Å². The Balaban J connectivity index is 0.000000162. The van der Waals surface area contributed by atoms with Crippen LogP contribution in [-0.4, -0.2) is 36.5 Å². The number of fused-ring (bicyclic) bond motifs is 2. The molecule has 52 heavy (non-hydrogen) atoms. The van der Waals surface area contributed by atoms with Gasteiger partial charge in [0.15, 0.2) is 11.6 Å². The third kappa shape index (κ3) is 6.66. The maximum absolute atomic E-state index is 13.3. The molecule has 5 aromatic rings. The summed E-state index contributed by atoms with van der Waals surface area (Å²) in [5, 5.41) is 0. The molecule has 2 aliphatic heterocycles. The lowest BCUT2D eigenvalue weighted by Gasteiger charge is -2.21. The Morgan fingerprint density at radius 1 is 0.654 bits per heavy atom. The molecule has 0 saturated heterocycles. The number of ketones is 3. The molecule has 6 heteroatoms. The van der Waals surface area contributed by atoms with Crippen LogP contribution in [0.15, 0.2) is 158 Å². The van der Waals surface area contributed by atoms with Gasteiger partial charge < -0.3 is 14.4 Å². The van der Waals surface area contributed by atoms with Gasteiger partial charge in [-0.3, -0.25) is 14.4 Å². The van der Waals surface area contributed by atoms with Crippen molar-refractivity contribution in [2.75, 3.05) is 14.2 Å². The Morgan fingerprint density at radius 3 is 1.81 bits per heavy atom. The van der Waals surface area contributed by atoms with Crippen molar-refractivity contribution in [2.24, 2.45) is 0 Å². The highest BCUT2D eigenvalue weighted by atomic mass is 16.5. The molecule has 0 atom stereocenters. The Kier molecular flexibility index (Phi) is 9.89. The molecule has 256 valence electrons. The summed E-state index contributed by atoms with van der Waals surface area (Å²) in [6, 6.07) is 39.4. The van der Waals surface area contributed by atoms with E-state index < -0.39 is 5.92 Å². The standard InChI is InChI=1S/C24H18O2.C22H19NO3/c25-23(18-9-3-1-4-10-18)22(24(26)19-11-5-2-6-12-19)21-16-8-14-17-13-7-15-20(17)21;1-25-17-10-6-15(7-11-17)20-21(16-8-12-18(26-2)13-9-16)23-14-4-3-5-19(23)22(20)24/h1-14,16,22H,15H2;4-14H,3H2,1-2H3. The molecule has 0 spiro atoms. The number of methoxy groups -OCH3 is 2. The molecule has 8 rings (SSSR count). The molecule has 0 aromatic heterocycles. The highest BCUT2D eigenvalue weighted by molar-refractivity contribution is 6.38. The molecule has 2 heterocycles. The van der Waals surface area contributed by atoms with Crippen molar-refractivity contribution in [3.05, 3.63) is 196 Å². The summed E-state index contributed by atoms with van der Waals surface area (Å²) in [5.41, 5.74) is 8.26. The Bertz CT molecular complexity index is 2190. The zero-order valence-electron chi connectivity index (χ0n) is 29.0. The molecule has 0 bridgehead atoms. The average Bonchev–Trinajstić information content (AvgIpc) is 3.82. The fourth-order valence-electron chi connectivity index (χ4n) is 6.86. The molecular formula is C46H37NO5. The molecule has 6 nitrogen and oxygen atoms in total. The predicted molar refractivity (Wildman–Crippen MR) is 205 cm³/mol. The van der Waals surface area contributed by atoms with Gasteiger partial charge in [0.2, 0.25) is 5.78 Å². The topological polar surface area (TPSA) is 72.9 Å². The van der Waals surface area contributed by atoms with Gasteiger partial charge >= 0.3 is 0 Å². The number of benzene rings is 5. The van der Waals surface area contributed by atoms with Crippen LogP contribution in [0.2, 0.25) is 0 Å². The van der Waals surface area contributed by atoms with Crippen LogP contribution in [0.4, 0.5) is 0 Å². The van der Waals surface area contributed by atoms with E-state index in [-0.39, 0.29) is 17.3 Å². The van der Waals surface area contributed by atoms with Gasteiger partial charge in [0.05, 0.1) is 31.2 Å². The van der Waals surface area contributed by atoms with E-state index in [0.29, 0.717) is 22.4 Å². The first kappa shape index (κ1) is 33.9. The highest BCUT2D eigenvalue weighted by Crippen LogP contribution is 2.43. The molecular weight excluding hydrogens is 647 g/mol. The molecule has 0 N–H and O–H groups in total. The molecule has 0 fully saturated rings. The van der Waals surface area contributed by atoms with E-state index in [9.17, 15) is 14.4 Å². The quantitative estimate of drug-likeness (QED) is 0.114. The maximum Gasteiger partial charge on any atom is 0.212 e. The second-order valence-corrected chi connectivity index (χ2v) is 12.5. The summed E-state index contributed by atoms with van der Waals surface area (Å²) in [7, 11) is 3.28. The van der Waals surface area contributed by atoms with E-state index in [4.69, 9.17) is 9.47 Å². The SMILES string of the molecule is COc1ccc(C2=C(c3ccc(OC)cc3)N3C=CCC=C3C2=O)cc1.O=C(c1ccccc1)C(C(=O)c1ccccc1)c1cccc2c1CC=C2. The fourth-order valence-corrected chi connectivity index (χ4v) is 6.86. The van der Waals surface area contributed by atoms with Gasteiger partial charge in [-0.05, 0) is 77.1 Å². The van der Waals surface area contributed by atoms with Crippen molar-refractivity contribution < 1.29 is 23.9 Å². The van der Waals surface area contributed by atoms with E-state index in [0.717, 1.165) is 57.9 Å². The number of rotatable bonds is 9. The van der Waals surface area contributed by atoms with Crippen molar-refractivity contribution >= 4 is 34.7 Å². The predicted octanol–water partition coefficient (Wildman–Crippen LogP) is 9.36. The van der Waals surface area contributed by atoms with Crippen LogP contribution in [-0.2, 0) is 11.2 Å². The van der Waals surface area contributed by atoms with Gasteiger partial charge in [-0.1, -0.05) is 115 Å². The summed E-state index contributed by atoms with van der Waals surface area (Å²) in [6.07, 6.45) is 11.7. The van der Waals surface area contributed by atoms with Crippen molar-refractivity contribution in [1.82, 2.24) is 4.90 Å². The van der Waals surface area contributed by atoms with E-state index in [1.165, 1.54) is 0 Å². The first-order valence-corrected chi connectivity index (χ1v) is 17.2. The number of ether oxygens (including phenoxy) is 2. The Hall–Kier alpha value is -6.53. The number of Topliss-reactive ketones (excluding diaryl/α,β-unsaturated/α-hetero) is 3. The first-order chi connectivity index (χ1) is 25.5. The second-order valence-electron chi connectivity index (χ2n) is 12.5. The van der Waals surface area contributed by atoms with Crippen LogP contribution in [0.3, 0.4) is 0 Å². The van der Waals surface area contributed by atoms with E-state index in [1.807, 2.05) is 120 Å². The summed E-state index contributed by atoms with van der Waals surface area (Å²) in [6.45, 7) is 0. The van der Waals surface area contributed by atoms with Crippen LogP contribution in [0.1, 0.15) is 60.9 Å². The highest BCUT2D eigenvalue weighted by Gasteiger charge is 2.36. The second kappa shape index (κ2) is 15.2. The smallest absolute Gasteiger partial charge is 0.212 e. The van der Waals surface area contributed by atoms with Gasteiger partial charge in [-0.2, -0.15) is 0 Å². The van der Waals surface area contributed by atoms with Gasteiger partial charge in [-0.25, -0.2) is 0 Å². The fraction of sp³-hybridized carbons (Fsp3) is 0.109. The zero-order valence-corrected chi connectivity index (χ0v) is 29.0. The molecule has 5 aromatic carbocycles. The molecule has 1 aliphatic carbocycles. The van der Waals surface area contributed by atoms with Gasteiger partial charge in [0.25, 0.3) is 0 Å². The van der Waals surface area contributed by atoms with Gasteiger partial charge in [-0.15, -0.1) is 0 Å². The van der Waals surface area contributed by atoms with Crippen molar-refractivity contribution in [3.63, 3.8) is 0 Å². The maximum atomic E-state index is 13.3. The number of carbonyl (C=O) groups is 3. The molecule has 0 unspecified atom stereocenters. The zero-order chi connectivity index (χ0) is 36.0. The number of nitrogens with zero attached hydrogens (tertiary/aromatic N) is 1. The van der Waals surface area contributed by atoms with Crippen LogP contribution < -0.4 is 9.47 Å². The van der Waals surface area contributed by atoms with Crippen LogP contribution in [0.5, 0.6) is 11.5 Å². The van der Waals surface area contributed by atoms with E-state index in [2.05, 4.69) is 18.2 Å². The van der Waals surface area contributed by atoms with Crippen molar-refractivity contribution in [1.29, 1.82) is 0 Å². The number of allylic oxidation sites excluding steroid dienone is 4. The number of carbonyl (C=O) groups excluding carboxylic acids is 3. The summed E-state index contributed by atoms with van der Waals surface area (Å²) in [4.78, 5) is 41.8. The van der Waals surface area contributed by atoms with Crippen LogP contribution in [0, 0.1) is 0 Å². The summed E-state index contributed by atoms with van der Waals surface area (Å²) in [5.74, 6) is 0.469. The van der Waals surface area contributed by atoms with Gasteiger partial charge in [0, 0.05) is 17.3 Å². The van der Waals surface area contributed by atoms with E-state index >= 15 is 0 Å². The lowest BCUT2D eigenvalue weighted by molar-refractivity contribution is -0.110. The minimum Gasteiger partial charge on any atom is -0.497 e. The Morgan fingerprint density at radius 2 is 1.23 bits per heavy atom. The molecule has 0 radical (unpaired) electrons. The van der Waals surface area contributed by atoms with Crippen molar-refractivity contribution in [2.45, 2.75) is 18.8 Å². The summed E-state index contributed by atoms with van der Waals surface area (Å²) < 4.78 is 10.5. The van der Waals surface area contributed by atoms with Crippen molar-refractivity contribution in [3.8, 4) is 11.5 Å². The summed E-state index contributed by atoms with van der Waals surface area (Å²) >= 11 is 0. The average molecular weight is 684 g/mol. The number of hydrogen-bond acceptors (Lipinski definition) is 6. The minimum absolute atomic E-state index is 0.0466. The lowest BCUT2D eigenvalue weighted by Crippen LogP contribution is -2.24. The van der Waals surface area contributed by atoms with Crippen LogP contribution >= 0.6 is 0 Å². The monoisotopic (exact) mass is 683 g/mol. The minimum atomic E-state index is -0.824. The largest absolute Gasteiger partial charge is 0.497 e.